The normalized spacial score (nSPS) is 11.5. The number of carboxylic acids is 1. The number of para-hydroxylation sites is 1. The van der Waals surface area contributed by atoms with Crippen LogP contribution >= 0.6 is 0 Å². The molecule has 9 N–H and O–H groups in total. The summed E-state index contributed by atoms with van der Waals surface area (Å²) in [5.41, 5.74) is 12.2. The molecule has 35 heavy (non-hydrogen) atoms. The molecule has 0 aliphatic heterocycles. The van der Waals surface area contributed by atoms with E-state index in [-0.39, 0.29) is 29.7 Å². The van der Waals surface area contributed by atoms with Gasteiger partial charge in [0.2, 0.25) is 5.91 Å². The fourth-order valence-corrected chi connectivity index (χ4v) is 3.51. The summed E-state index contributed by atoms with van der Waals surface area (Å²) >= 11 is 0. The van der Waals surface area contributed by atoms with E-state index in [2.05, 4.69) is 20.6 Å². The molecule has 0 fully saturated rings. The van der Waals surface area contributed by atoms with Gasteiger partial charge in [0.1, 0.15) is 11.7 Å². The minimum Gasteiger partial charge on any atom is -0.505 e. The second kappa shape index (κ2) is 11.5. The van der Waals surface area contributed by atoms with Crippen LogP contribution in [0.25, 0.3) is 10.9 Å². The van der Waals surface area contributed by atoms with Crippen LogP contribution in [0.15, 0.2) is 53.5 Å². The number of unbranched alkanes of at least 4 members (excludes halogenated alkanes) is 1. The minimum absolute atomic E-state index is 0.0150. The van der Waals surface area contributed by atoms with Gasteiger partial charge in [-0.2, -0.15) is 0 Å². The van der Waals surface area contributed by atoms with E-state index in [0.717, 1.165) is 0 Å². The topological polar surface area (TPSA) is 196 Å². The average molecular weight is 481 g/mol. The standard InChI is InChI=1S/C24H28N6O5/c25-24(26)27-12-4-3-7-19(31)28-15-10-8-14(9-11-15)13-18(23(34)35)30-22(33)20-21(32)16-5-1-2-6-17(16)29-20/h1-2,5-6,8-11,18,29,32H,3-4,7,12-13H2,(H,28,31)(H,30,33)(H,34,35)(H4,25,26,27)/t18-/m0/s1. The number of hydrogen-bond acceptors (Lipinski definition) is 5. The number of guanidine groups is 1. The molecular weight excluding hydrogens is 452 g/mol. The van der Waals surface area contributed by atoms with Crippen molar-refractivity contribution in [3.8, 4) is 5.75 Å². The molecule has 0 spiro atoms. The van der Waals surface area contributed by atoms with Crippen molar-refractivity contribution in [2.45, 2.75) is 31.7 Å². The maximum atomic E-state index is 12.6. The number of nitrogens with two attached hydrogens (primary N) is 2. The van der Waals surface area contributed by atoms with Crippen molar-refractivity contribution in [3.63, 3.8) is 0 Å². The first-order valence-electron chi connectivity index (χ1n) is 11.0. The molecule has 2 amide bonds. The first-order chi connectivity index (χ1) is 16.7. The summed E-state index contributed by atoms with van der Waals surface area (Å²) in [7, 11) is 0. The number of aromatic nitrogens is 1. The third kappa shape index (κ3) is 6.97. The summed E-state index contributed by atoms with van der Waals surface area (Å²) in [5, 5.41) is 25.6. The summed E-state index contributed by atoms with van der Waals surface area (Å²) in [6.07, 6.45) is 1.64. The lowest BCUT2D eigenvalue weighted by Crippen LogP contribution is -2.42. The van der Waals surface area contributed by atoms with E-state index in [0.29, 0.717) is 48.0 Å². The monoisotopic (exact) mass is 480 g/mol. The molecule has 1 aromatic heterocycles. The van der Waals surface area contributed by atoms with E-state index in [1.54, 1.807) is 48.5 Å². The van der Waals surface area contributed by atoms with Gasteiger partial charge in [0.15, 0.2) is 11.7 Å². The van der Waals surface area contributed by atoms with Crippen molar-refractivity contribution < 1.29 is 24.6 Å². The van der Waals surface area contributed by atoms with Crippen LogP contribution in [0.5, 0.6) is 5.75 Å². The molecule has 2 aromatic carbocycles. The van der Waals surface area contributed by atoms with Crippen LogP contribution in [0.4, 0.5) is 5.69 Å². The Kier molecular flexibility index (Phi) is 8.28. The lowest BCUT2D eigenvalue weighted by Gasteiger charge is -2.15. The number of fused-ring (bicyclic) bond motifs is 1. The van der Waals surface area contributed by atoms with Crippen LogP contribution in [0, 0.1) is 0 Å². The Labute approximate surface area is 201 Å². The fourth-order valence-electron chi connectivity index (χ4n) is 3.51. The maximum Gasteiger partial charge on any atom is 0.326 e. The SMILES string of the molecule is NC(N)=NCCCCC(=O)Nc1ccc(C[C@H](NC(=O)c2[nH]c3ccccc3c2O)C(=O)O)cc1. The van der Waals surface area contributed by atoms with Crippen LogP contribution in [0.1, 0.15) is 35.3 Å². The zero-order valence-electron chi connectivity index (χ0n) is 19.0. The number of aliphatic carboxylic acids is 1. The number of aromatic amines is 1. The number of benzene rings is 2. The van der Waals surface area contributed by atoms with E-state index >= 15 is 0 Å². The molecule has 1 heterocycles. The highest BCUT2D eigenvalue weighted by Gasteiger charge is 2.24. The molecule has 0 saturated carbocycles. The Balaban J connectivity index is 1.55. The predicted octanol–water partition coefficient (Wildman–Crippen LogP) is 1.68. The first-order valence-corrected chi connectivity index (χ1v) is 11.0. The van der Waals surface area contributed by atoms with Gasteiger partial charge in [-0.05, 0) is 42.7 Å². The van der Waals surface area contributed by atoms with Crippen LogP contribution in [0.2, 0.25) is 0 Å². The largest absolute Gasteiger partial charge is 0.505 e. The van der Waals surface area contributed by atoms with Crippen molar-refractivity contribution in [2.75, 3.05) is 11.9 Å². The first kappa shape index (κ1) is 25.1. The molecule has 0 saturated heterocycles. The van der Waals surface area contributed by atoms with E-state index in [1.807, 2.05) is 0 Å². The summed E-state index contributed by atoms with van der Waals surface area (Å²) in [6.45, 7) is 0.464. The van der Waals surface area contributed by atoms with Crippen molar-refractivity contribution in [1.82, 2.24) is 10.3 Å². The van der Waals surface area contributed by atoms with E-state index in [4.69, 9.17) is 11.5 Å². The number of carbonyl (C=O) groups excluding carboxylic acids is 2. The summed E-state index contributed by atoms with van der Waals surface area (Å²) in [6, 6.07) is 12.3. The molecule has 3 aromatic rings. The smallest absolute Gasteiger partial charge is 0.326 e. The van der Waals surface area contributed by atoms with Crippen molar-refractivity contribution in [1.29, 1.82) is 0 Å². The second-order valence-electron chi connectivity index (χ2n) is 7.97. The van der Waals surface area contributed by atoms with Gasteiger partial charge >= 0.3 is 5.97 Å². The highest BCUT2D eigenvalue weighted by atomic mass is 16.4. The molecule has 11 nitrogen and oxygen atoms in total. The van der Waals surface area contributed by atoms with E-state index in [9.17, 15) is 24.6 Å². The van der Waals surface area contributed by atoms with Crippen molar-refractivity contribution >= 4 is 40.3 Å². The molecule has 184 valence electrons. The zero-order valence-corrected chi connectivity index (χ0v) is 19.0. The number of nitrogens with one attached hydrogen (secondary N) is 3. The van der Waals surface area contributed by atoms with Gasteiger partial charge in [-0.1, -0.05) is 24.3 Å². The predicted molar refractivity (Wildman–Crippen MR) is 132 cm³/mol. The number of amides is 2. The molecular formula is C24H28N6O5. The highest BCUT2D eigenvalue weighted by molar-refractivity contribution is 6.04. The average Bonchev–Trinajstić information content (AvgIpc) is 3.16. The van der Waals surface area contributed by atoms with Crippen LogP contribution in [-0.2, 0) is 16.0 Å². The second-order valence-corrected chi connectivity index (χ2v) is 7.97. The number of H-pyrrole nitrogens is 1. The molecule has 1 atom stereocenters. The van der Waals surface area contributed by atoms with Gasteiger partial charge in [0.05, 0.1) is 0 Å². The highest BCUT2D eigenvalue weighted by Crippen LogP contribution is 2.28. The van der Waals surface area contributed by atoms with Gasteiger partial charge in [0.25, 0.3) is 5.91 Å². The third-order valence-corrected chi connectivity index (χ3v) is 5.29. The summed E-state index contributed by atoms with van der Waals surface area (Å²) < 4.78 is 0. The van der Waals surface area contributed by atoms with Gasteiger partial charge in [-0.15, -0.1) is 0 Å². The number of nitrogens with zero attached hydrogens (tertiary/aromatic N) is 1. The van der Waals surface area contributed by atoms with Crippen LogP contribution in [-0.4, -0.2) is 51.5 Å². The zero-order chi connectivity index (χ0) is 25.4. The Morgan fingerprint density at radius 1 is 1.03 bits per heavy atom. The van der Waals surface area contributed by atoms with Crippen molar-refractivity contribution in [2.24, 2.45) is 16.5 Å². The van der Waals surface area contributed by atoms with Gasteiger partial charge in [-0.3, -0.25) is 14.6 Å². The number of anilines is 1. The van der Waals surface area contributed by atoms with Gasteiger partial charge < -0.3 is 37.3 Å². The number of rotatable bonds is 11. The molecule has 0 unspecified atom stereocenters. The third-order valence-electron chi connectivity index (χ3n) is 5.29. The maximum absolute atomic E-state index is 12.6. The number of aliphatic imine (C=N–C) groups is 1. The van der Waals surface area contributed by atoms with Gasteiger partial charge in [-0.25, -0.2) is 4.79 Å². The fraction of sp³-hybridized carbons (Fsp3) is 0.250. The lowest BCUT2D eigenvalue weighted by atomic mass is 10.1. The van der Waals surface area contributed by atoms with Crippen LogP contribution in [0.3, 0.4) is 0 Å². The number of carbonyl (C=O) groups is 3. The molecule has 0 aliphatic rings. The van der Waals surface area contributed by atoms with E-state index in [1.165, 1.54) is 0 Å². The minimum atomic E-state index is -1.22. The number of aromatic hydroxyl groups is 1. The number of carboxylic acid groups (broad SMARTS) is 1. The molecule has 11 heteroatoms. The quantitative estimate of drug-likeness (QED) is 0.123. The molecule has 3 rings (SSSR count). The Hall–Kier alpha value is -4.54. The Morgan fingerprint density at radius 2 is 1.74 bits per heavy atom. The Bertz CT molecular complexity index is 1230. The molecule has 0 aliphatic carbocycles. The van der Waals surface area contributed by atoms with Gasteiger partial charge in [0, 0.05) is 36.0 Å². The summed E-state index contributed by atoms with van der Waals surface area (Å²) in [4.78, 5) is 43.1. The molecule has 0 bridgehead atoms. The lowest BCUT2D eigenvalue weighted by molar-refractivity contribution is -0.139. The molecule has 0 radical (unpaired) electrons. The van der Waals surface area contributed by atoms with Crippen LogP contribution < -0.4 is 22.1 Å². The van der Waals surface area contributed by atoms with E-state index < -0.39 is 17.9 Å². The van der Waals surface area contributed by atoms with Crippen molar-refractivity contribution in [3.05, 3.63) is 59.8 Å². The summed E-state index contributed by atoms with van der Waals surface area (Å²) in [5.74, 6) is -2.31. The number of hydrogen-bond donors (Lipinski definition) is 7. The Morgan fingerprint density at radius 3 is 2.40 bits per heavy atom.